The van der Waals surface area contributed by atoms with Crippen LogP contribution >= 0.6 is 0 Å². The first-order chi connectivity index (χ1) is 9.42. The number of hydrogen-bond acceptors (Lipinski definition) is 3. The lowest BCUT2D eigenvalue weighted by Gasteiger charge is -2.19. The van der Waals surface area contributed by atoms with Crippen molar-refractivity contribution in [2.75, 3.05) is 0 Å². The largest absolute Gasteiger partial charge is 0.474 e. The number of nitrogens with zero attached hydrogens (tertiary/aromatic N) is 1. The number of ether oxygens (including phenoxy) is 1. The van der Waals surface area contributed by atoms with Crippen LogP contribution in [0.4, 0.5) is 0 Å². The fraction of sp³-hybridized carbons (Fsp3) is 0.706. The summed E-state index contributed by atoms with van der Waals surface area (Å²) in [6, 6.07) is 4.73. The Labute approximate surface area is 124 Å². The number of pyridine rings is 1. The van der Waals surface area contributed by atoms with E-state index >= 15 is 0 Å². The first kappa shape index (κ1) is 17.0. The molecule has 1 atom stereocenters. The summed E-state index contributed by atoms with van der Waals surface area (Å²) in [5, 5.41) is 3.45. The van der Waals surface area contributed by atoms with Crippen molar-refractivity contribution in [2.24, 2.45) is 5.92 Å². The lowest BCUT2D eigenvalue weighted by atomic mass is 10.1. The maximum Gasteiger partial charge on any atom is 0.214 e. The second-order valence-electron chi connectivity index (χ2n) is 6.16. The van der Waals surface area contributed by atoms with Gasteiger partial charge in [0.05, 0.1) is 6.10 Å². The van der Waals surface area contributed by atoms with Crippen LogP contribution in [0, 0.1) is 5.92 Å². The molecule has 3 nitrogen and oxygen atoms in total. The van der Waals surface area contributed by atoms with Crippen molar-refractivity contribution in [1.82, 2.24) is 10.3 Å². The molecule has 0 saturated heterocycles. The van der Waals surface area contributed by atoms with Gasteiger partial charge >= 0.3 is 0 Å². The molecule has 0 spiro atoms. The van der Waals surface area contributed by atoms with Crippen LogP contribution in [0.1, 0.15) is 59.2 Å². The molecular formula is C17H30N2O. The third-order valence-electron chi connectivity index (χ3n) is 3.38. The van der Waals surface area contributed by atoms with E-state index < -0.39 is 0 Å². The van der Waals surface area contributed by atoms with E-state index in [-0.39, 0.29) is 6.10 Å². The van der Waals surface area contributed by atoms with Gasteiger partial charge in [0.2, 0.25) is 5.88 Å². The molecule has 3 heteroatoms. The fourth-order valence-corrected chi connectivity index (χ4v) is 1.82. The quantitative estimate of drug-likeness (QED) is 0.781. The van der Waals surface area contributed by atoms with E-state index in [0.717, 1.165) is 31.0 Å². The minimum atomic E-state index is 0.185. The molecule has 0 fully saturated rings. The van der Waals surface area contributed by atoms with E-state index in [0.29, 0.717) is 12.0 Å². The molecule has 1 heterocycles. The Bertz CT molecular complexity index is 402. The normalized spacial score (nSPS) is 13.0. The summed E-state index contributed by atoms with van der Waals surface area (Å²) in [6.45, 7) is 13.8. The summed E-state index contributed by atoms with van der Waals surface area (Å²) in [5.74, 6) is 1.25. The minimum absolute atomic E-state index is 0.185. The fourth-order valence-electron chi connectivity index (χ4n) is 1.82. The Morgan fingerprint density at radius 3 is 2.40 bits per heavy atom. The van der Waals surface area contributed by atoms with Crippen LogP contribution in [0.25, 0.3) is 0 Å². The topological polar surface area (TPSA) is 34.1 Å². The molecule has 0 bridgehead atoms. The van der Waals surface area contributed by atoms with Gasteiger partial charge in [0, 0.05) is 24.3 Å². The summed E-state index contributed by atoms with van der Waals surface area (Å²) < 4.78 is 5.97. The summed E-state index contributed by atoms with van der Waals surface area (Å²) in [5.41, 5.74) is 2.38. The second-order valence-corrected chi connectivity index (χ2v) is 6.16. The first-order valence-electron chi connectivity index (χ1n) is 7.82. The number of rotatable bonds is 8. The molecule has 20 heavy (non-hydrogen) atoms. The molecule has 0 saturated carbocycles. The third kappa shape index (κ3) is 5.91. The van der Waals surface area contributed by atoms with E-state index in [9.17, 15) is 0 Å². The molecule has 0 aliphatic carbocycles. The van der Waals surface area contributed by atoms with Crippen molar-refractivity contribution in [2.45, 2.75) is 73.1 Å². The Morgan fingerprint density at radius 2 is 1.85 bits per heavy atom. The molecular weight excluding hydrogens is 248 g/mol. The summed E-state index contributed by atoms with van der Waals surface area (Å²) in [7, 11) is 0. The highest BCUT2D eigenvalue weighted by atomic mass is 16.5. The monoisotopic (exact) mass is 278 g/mol. The number of hydrogen-bond donors (Lipinski definition) is 1. The van der Waals surface area contributed by atoms with Gasteiger partial charge in [0.25, 0.3) is 0 Å². The minimum Gasteiger partial charge on any atom is -0.474 e. The highest BCUT2D eigenvalue weighted by molar-refractivity contribution is 5.25. The Balaban J connectivity index is 2.86. The van der Waals surface area contributed by atoms with Crippen molar-refractivity contribution in [3.8, 4) is 5.88 Å². The Kier molecular flexibility index (Phi) is 7.00. The van der Waals surface area contributed by atoms with Gasteiger partial charge in [-0.3, -0.25) is 0 Å². The van der Waals surface area contributed by atoms with Gasteiger partial charge in [-0.25, -0.2) is 4.98 Å². The van der Waals surface area contributed by atoms with E-state index in [1.54, 1.807) is 0 Å². The van der Waals surface area contributed by atoms with Crippen LogP contribution in [0.5, 0.6) is 5.88 Å². The average molecular weight is 278 g/mol. The lowest BCUT2D eigenvalue weighted by molar-refractivity contribution is 0.163. The van der Waals surface area contributed by atoms with Crippen molar-refractivity contribution in [3.63, 3.8) is 0 Å². The molecule has 0 aliphatic rings. The SMILES string of the molecule is CCCc1cc(CNC(C)C)cc(OC(C)C(C)C)n1. The van der Waals surface area contributed by atoms with Crippen molar-refractivity contribution < 1.29 is 4.74 Å². The number of aryl methyl sites for hydroxylation is 1. The standard InChI is InChI=1S/C17H30N2O/c1-7-8-16-9-15(11-18-13(4)5)10-17(19-16)20-14(6)12(2)3/h9-10,12-14,18H,7-8,11H2,1-6H3. The Morgan fingerprint density at radius 1 is 1.15 bits per heavy atom. The van der Waals surface area contributed by atoms with E-state index in [2.05, 4.69) is 64.0 Å². The predicted octanol–water partition coefficient (Wildman–Crippen LogP) is 3.96. The van der Waals surface area contributed by atoms with Gasteiger partial charge in [-0.1, -0.05) is 41.0 Å². The molecule has 0 amide bonds. The van der Waals surface area contributed by atoms with Crippen molar-refractivity contribution >= 4 is 0 Å². The second kappa shape index (κ2) is 8.25. The van der Waals surface area contributed by atoms with Crippen LogP contribution in [-0.4, -0.2) is 17.1 Å². The van der Waals surface area contributed by atoms with Gasteiger partial charge in [-0.2, -0.15) is 0 Å². The maximum absolute atomic E-state index is 5.97. The van der Waals surface area contributed by atoms with Gasteiger partial charge in [-0.15, -0.1) is 0 Å². The van der Waals surface area contributed by atoms with Crippen LogP contribution in [0.15, 0.2) is 12.1 Å². The van der Waals surface area contributed by atoms with E-state index in [1.165, 1.54) is 5.56 Å². The van der Waals surface area contributed by atoms with E-state index in [1.807, 2.05) is 0 Å². The molecule has 1 aromatic rings. The first-order valence-corrected chi connectivity index (χ1v) is 7.82. The van der Waals surface area contributed by atoms with Crippen LogP contribution in [-0.2, 0) is 13.0 Å². The summed E-state index contributed by atoms with van der Waals surface area (Å²) >= 11 is 0. The zero-order chi connectivity index (χ0) is 15.1. The molecule has 0 aliphatic heterocycles. The van der Waals surface area contributed by atoms with Crippen molar-refractivity contribution in [3.05, 3.63) is 23.4 Å². The molecule has 0 radical (unpaired) electrons. The predicted molar refractivity (Wildman–Crippen MR) is 85.1 cm³/mol. The molecule has 1 aromatic heterocycles. The molecule has 1 unspecified atom stereocenters. The maximum atomic E-state index is 5.97. The molecule has 0 aromatic carbocycles. The van der Waals surface area contributed by atoms with E-state index in [4.69, 9.17) is 4.74 Å². The van der Waals surface area contributed by atoms with Gasteiger partial charge < -0.3 is 10.1 Å². The van der Waals surface area contributed by atoms with Gasteiger partial charge in [0.1, 0.15) is 0 Å². The van der Waals surface area contributed by atoms with Crippen LogP contribution < -0.4 is 10.1 Å². The number of nitrogens with one attached hydrogen (secondary N) is 1. The molecule has 1 rings (SSSR count). The highest BCUT2D eigenvalue weighted by Crippen LogP contribution is 2.18. The zero-order valence-electron chi connectivity index (χ0n) is 13.9. The Hall–Kier alpha value is -1.09. The lowest BCUT2D eigenvalue weighted by Crippen LogP contribution is -2.23. The molecule has 1 N–H and O–H groups in total. The summed E-state index contributed by atoms with van der Waals surface area (Å²) in [4.78, 5) is 4.62. The van der Waals surface area contributed by atoms with Crippen molar-refractivity contribution in [1.29, 1.82) is 0 Å². The average Bonchev–Trinajstić information content (AvgIpc) is 2.36. The number of aromatic nitrogens is 1. The van der Waals surface area contributed by atoms with Crippen LogP contribution in [0.2, 0.25) is 0 Å². The van der Waals surface area contributed by atoms with Crippen LogP contribution in [0.3, 0.4) is 0 Å². The zero-order valence-corrected chi connectivity index (χ0v) is 13.9. The van der Waals surface area contributed by atoms with Gasteiger partial charge in [0.15, 0.2) is 0 Å². The molecule has 114 valence electrons. The summed E-state index contributed by atoms with van der Waals surface area (Å²) in [6.07, 6.45) is 2.29. The third-order valence-corrected chi connectivity index (χ3v) is 3.38. The smallest absolute Gasteiger partial charge is 0.214 e. The van der Waals surface area contributed by atoms with Gasteiger partial charge in [-0.05, 0) is 30.9 Å². The highest BCUT2D eigenvalue weighted by Gasteiger charge is 2.11.